The molecule has 0 radical (unpaired) electrons. The minimum Gasteiger partial charge on any atom is -0.493 e. The van der Waals surface area contributed by atoms with Crippen LogP contribution in [0.25, 0.3) is 10.8 Å². The molecule has 25 heavy (non-hydrogen) atoms. The zero-order valence-corrected chi connectivity index (χ0v) is 14.2. The van der Waals surface area contributed by atoms with Crippen molar-refractivity contribution in [1.82, 2.24) is 10.2 Å². The fraction of sp³-hybridized carbons (Fsp3) is 0.167. The van der Waals surface area contributed by atoms with Crippen LogP contribution in [0.3, 0.4) is 0 Å². The number of nitrogens with one attached hydrogen (secondary N) is 1. The van der Waals surface area contributed by atoms with E-state index in [0.717, 1.165) is 16.3 Å². The quantitative estimate of drug-likeness (QED) is 0.550. The van der Waals surface area contributed by atoms with Crippen molar-refractivity contribution in [3.8, 4) is 17.2 Å². The summed E-state index contributed by atoms with van der Waals surface area (Å²) in [5, 5.41) is 14.2. The number of rotatable bonds is 6. The van der Waals surface area contributed by atoms with Gasteiger partial charge in [-0.25, -0.2) is 0 Å². The predicted octanol–water partition coefficient (Wildman–Crippen LogP) is 3.10. The maximum atomic E-state index is 5.43. The van der Waals surface area contributed by atoms with Gasteiger partial charge in [-0.15, -0.1) is 5.10 Å². The number of methoxy groups -OCH3 is 3. The van der Waals surface area contributed by atoms with Crippen LogP contribution < -0.4 is 19.6 Å². The molecule has 0 saturated carbocycles. The fourth-order valence-corrected chi connectivity index (χ4v) is 2.50. The second-order valence-corrected chi connectivity index (χ2v) is 5.07. The Morgan fingerprint density at radius 3 is 2.52 bits per heavy atom. The lowest BCUT2D eigenvalue weighted by Gasteiger charge is -2.13. The molecule has 0 amide bonds. The van der Waals surface area contributed by atoms with E-state index in [9.17, 15) is 0 Å². The Hall–Kier alpha value is -3.35. The van der Waals surface area contributed by atoms with Crippen LogP contribution in [0.15, 0.2) is 47.7 Å². The first kappa shape index (κ1) is 16.5. The van der Waals surface area contributed by atoms with Gasteiger partial charge in [0, 0.05) is 16.3 Å². The van der Waals surface area contributed by atoms with Crippen LogP contribution in [0.4, 0.5) is 5.82 Å². The highest BCUT2D eigenvalue weighted by atomic mass is 16.5. The fourth-order valence-electron chi connectivity index (χ4n) is 2.50. The Kier molecular flexibility index (Phi) is 4.94. The number of hydrogen-bond acceptors (Lipinski definition) is 7. The van der Waals surface area contributed by atoms with Crippen molar-refractivity contribution in [3.05, 3.63) is 48.2 Å². The Bertz CT molecular complexity index is 907. The molecule has 0 aliphatic heterocycles. The van der Waals surface area contributed by atoms with Crippen molar-refractivity contribution in [2.75, 3.05) is 26.8 Å². The summed E-state index contributed by atoms with van der Waals surface area (Å²) in [6.07, 6.45) is 3.34. The molecule has 0 aliphatic carbocycles. The summed E-state index contributed by atoms with van der Waals surface area (Å²) in [4.78, 5) is 0. The lowest BCUT2D eigenvalue weighted by molar-refractivity contribution is 0.324. The molecule has 0 spiro atoms. The van der Waals surface area contributed by atoms with Gasteiger partial charge >= 0.3 is 0 Å². The molecule has 1 N–H and O–H groups in total. The van der Waals surface area contributed by atoms with E-state index in [1.54, 1.807) is 39.8 Å². The third kappa shape index (κ3) is 3.30. The van der Waals surface area contributed by atoms with Gasteiger partial charge in [-0.1, -0.05) is 24.3 Å². The number of aromatic nitrogens is 2. The van der Waals surface area contributed by atoms with E-state index >= 15 is 0 Å². The topological polar surface area (TPSA) is 77.9 Å². The maximum absolute atomic E-state index is 5.43. The van der Waals surface area contributed by atoms with Crippen LogP contribution >= 0.6 is 0 Å². The third-order valence-electron chi connectivity index (χ3n) is 3.68. The number of benzene rings is 2. The van der Waals surface area contributed by atoms with Gasteiger partial charge < -0.3 is 14.2 Å². The Labute approximate surface area is 145 Å². The van der Waals surface area contributed by atoms with Crippen molar-refractivity contribution in [1.29, 1.82) is 0 Å². The Morgan fingerprint density at radius 2 is 1.76 bits per heavy atom. The van der Waals surface area contributed by atoms with Crippen LogP contribution in [0.2, 0.25) is 0 Å². The summed E-state index contributed by atoms with van der Waals surface area (Å²) >= 11 is 0. The minimum atomic E-state index is 0.513. The molecule has 0 aliphatic rings. The summed E-state index contributed by atoms with van der Waals surface area (Å²) in [6, 6.07) is 11.4. The highest BCUT2D eigenvalue weighted by Crippen LogP contribution is 2.39. The second kappa shape index (κ2) is 7.48. The molecule has 0 unspecified atom stereocenters. The van der Waals surface area contributed by atoms with Crippen LogP contribution in [0.5, 0.6) is 17.2 Å². The smallest absolute Gasteiger partial charge is 0.203 e. The van der Waals surface area contributed by atoms with Gasteiger partial charge in [0.05, 0.1) is 33.7 Å². The Morgan fingerprint density at radius 1 is 0.960 bits per heavy atom. The van der Waals surface area contributed by atoms with E-state index in [2.05, 4.69) is 20.7 Å². The van der Waals surface area contributed by atoms with Crippen molar-refractivity contribution < 1.29 is 14.2 Å². The average molecular weight is 338 g/mol. The average Bonchev–Trinajstić information content (AvgIpc) is 2.67. The standard InChI is InChI=1S/C18H18N4O3/c1-23-15-9-8-13(16(24-2)17(15)25-3)11-20-22-18-14-7-5-4-6-12(14)10-19-21-18/h4-11H,1-3H3,(H,21,22). The zero-order chi connectivity index (χ0) is 17.6. The molecule has 1 heterocycles. The van der Waals surface area contributed by atoms with Crippen molar-refractivity contribution in [2.45, 2.75) is 0 Å². The number of nitrogens with zero attached hydrogens (tertiary/aromatic N) is 3. The van der Waals surface area contributed by atoms with Crippen LogP contribution in [-0.4, -0.2) is 37.7 Å². The van der Waals surface area contributed by atoms with Gasteiger partial charge in [0.2, 0.25) is 5.75 Å². The summed E-state index contributed by atoms with van der Waals surface area (Å²) in [5.74, 6) is 2.22. The highest BCUT2D eigenvalue weighted by Gasteiger charge is 2.14. The van der Waals surface area contributed by atoms with Crippen LogP contribution in [-0.2, 0) is 0 Å². The monoisotopic (exact) mass is 338 g/mol. The molecule has 0 saturated heterocycles. The normalized spacial score (nSPS) is 10.8. The van der Waals surface area contributed by atoms with Crippen LogP contribution in [0, 0.1) is 0 Å². The predicted molar refractivity (Wildman–Crippen MR) is 96.9 cm³/mol. The molecule has 3 rings (SSSR count). The number of ether oxygens (including phenoxy) is 3. The Balaban J connectivity index is 1.89. The molecule has 7 nitrogen and oxygen atoms in total. The van der Waals surface area contributed by atoms with E-state index in [4.69, 9.17) is 14.2 Å². The SMILES string of the molecule is COc1ccc(C=NNc2nncc3ccccc23)c(OC)c1OC. The lowest BCUT2D eigenvalue weighted by atomic mass is 10.2. The summed E-state index contributed by atoms with van der Waals surface area (Å²) in [7, 11) is 4.70. The summed E-state index contributed by atoms with van der Waals surface area (Å²) in [5.41, 5.74) is 3.66. The van der Waals surface area contributed by atoms with E-state index < -0.39 is 0 Å². The maximum Gasteiger partial charge on any atom is 0.203 e. The number of anilines is 1. The van der Waals surface area contributed by atoms with Gasteiger partial charge in [-0.2, -0.15) is 10.2 Å². The molecule has 2 aromatic carbocycles. The van der Waals surface area contributed by atoms with Gasteiger partial charge in [0.15, 0.2) is 17.3 Å². The van der Waals surface area contributed by atoms with Gasteiger partial charge in [0.1, 0.15) is 0 Å². The van der Waals surface area contributed by atoms with Gasteiger partial charge in [-0.3, -0.25) is 5.43 Å². The van der Waals surface area contributed by atoms with Gasteiger partial charge in [-0.05, 0) is 12.1 Å². The molecule has 7 heteroatoms. The third-order valence-corrected chi connectivity index (χ3v) is 3.68. The van der Waals surface area contributed by atoms with Crippen molar-refractivity contribution in [2.24, 2.45) is 5.10 Å². The van der Waals surface area contributed by atoms with E-state index in [0.29, 0.717) is 23.1 Å². The van der Waals surface area contributed by atoms with E-state index in [1.165, 1.54) is 0 Å². The largest absolute Gasteiger partial charge is 0.493 e. The number of fused-ring (bicyclic) bond motifs is 1. The molecule has 1 aromatic heterocycles. The minimum absolute atomic E-state index is 0.513. The van der Waals surface area contributed by atoms with Gasteiger partial charge in [0.25, 0.3) is 0 Å². The first-order chi connectivity index (χ1) is 12.3. The molecular weight excluding hydrogens is 320 g/mol. The molecule has 128 valence electrons. The summed E-state index contributed by atoms with van der Waals surface area (Å²) in [6.45, 7) is 0. The first-order valence-corrected chi connectivity index (χ1v) is 7.57. The summed E-state index contributed by atoms with van der Waals surface area (Å²) < 4.78 is 16.1. The first-order valence-electron chi connectivity index (χ1n) is 7.57. The highest BCUT2D eigenvalue weighted by molar-refractivity contribution is 5.92. The molecule has 3 aromatic rings. The molecule has 0 atom stereocenters. The molecule has 0 bridgehead atoms. The van der Waals surface area contributed by atoms with Crippen LogP contribution in [0.1, 0.15) is 5.56 Å². The molecular formula is C18H18N4O3. The second-order valence-electron chi connectivity index (χ2n) is 5.07. The molecule has 0 fully saturated rings. The van der Waals surface area contributed by atoms with E-state index in [1.807, 2.05) is 30.3 Å². The zero-order valence-electron chi connectivity index (χ0n) is 14.2. The lowest BCUT2D eigenvalue weighted by Crippen LogP contribution is -2.00. The number of hydrogen-bond donors (Lipinski definition) is 1. The van der Waals surface area contributed by atoms with Crippen molar-refractivity contribution >= 4 is 22.8 Å². The van der Waals surface area contributed by atoms with E-state index in [-0.39, 0.29) is 0 Å². The number of hydrazone groups is 1. The van der Waals surface area contributed by atoms with Crippen molar-refractivity contribution in [3.63, 3.8) is 0 Å².